The van der Waals surface area contributed by atoms with Gasteiger partial charge in [0.15, 0.2) is 0 Å². The highest BCUT2D eigenvalue weighted by molar-refractivity contribution is 5.76. The predicted octanol–water partition coefficient (Wildman–Crippen LogP) is 2.96. The zero-order valence-corrected chi connectivity index (χ0v) is 17.7. The van der Waals surface area contributed by atoms with Crippen LogP contribution in [0.15, 0.2) is 30.5 Å². The van der Waals surface area contributed by atoms with E-state index in [0.29, 0.717) is 24.9 Å². The number of hydrogen-bond acceptors (Lipinski definition) is 6. The maximum Gasteiger partial charge on any atom is 0.225 e. The highest BCUT2D eigenvalue weighted by Gasteiger charge is 2.27. The zero-order chi connectivity index (χ0) is 20.8. The van der Waals surface area contributed by atoms with Crippen LogP contribution >= 0.6 is 0 Å². The van der Waals surface area contributed by atoms with Crippen molar-refractivity contribution < 1.29 is 14.3 Å². The number of methoxy groups -OCH3 is 2. The van der Waals surface area contributed by atoms with Crippen LogP contribution in [0.2, 0.25) is 0 Å². The number of ether oxygens (including phenoxy) is 2. The number of nitrogens with zero attached hydrogens (tertiary/aromatic N) is 4. The predicted molar refractivity (Wildman–Crippen MR) is 113 cm³/mol. The highest BCUT2D eigenvalue weighted by Crippen LogP contribution is 2.35. The van der Waals surface area contributed by atoms with Crippen molar-refractivity contribution in [2.75, 3.05) is 52.9 Å². The Morgan fingerprint density at radius 3 is 2.45 bits per heavy atom. The first-order valence-electron chi connectivity index (χ1n) is 9.99. The molecule has 3 rings (SSSR count). The Balaban J connectivity index is 1.83. The van der Waals surface area contributed by atoms with Gasteiger partial charge in [-0.3, -0.25) is 4.79 Å². The number of hydrogen-bond donors (Lipinski definition) is 0. The second-order valence-electron chi connectivity index (χ2n) is 7.49. The number of carbonyl (C=O) groups is 1. The molecule has 1 saturated heterocycles. The summed E-state index contributed by atoms with van der Waals surface area (Å²) in [5.41, 5.74) is 3.17. The summed E-state index contributed by atoms with van der Waals surface area (Å²) in [7, 11) is 7.18. The summed E-state index contributed by atoms with van der Waals surface area (Å²) in [6.07, 6.45) is 4.14. The molecule has 0 N–H and O–H groups in total. The van der Waals surface area contributed by atoms with Crippen LogP contribution in [-0.2, 0) is 9.53 Å². The van der Waals surface area contributed by atoms with Gasteiger partial charge in [0, 0.05) is 52.0 Å². The average molecular weight is 399 g/mol. The van der Waals surface area contributed by atoms with Gasteiger partial charge in [-0.25, -0.2) is 9.97 Å². The number of carbonyl (C=O) groups excluding carboxylic acids is 1. The van der Waals surface area contributed by atoms with Crippen molar-refractivity contribution in [3.63, 3.8) is 0 Å². The summed E-state index contributed by atoms with van der Waals surface area (Å²) < 4.78 is 10.3. The lowest BCUT2D eigenvalue weighted by molar-refractivity contribution is -0.133. The summed E-state index contributed by atoms with van der Waals surface area (Å²) in [5, 5.41) is 0. The summed E-state index contributed by atoms with van der Waals surface area (Å²) in [6.45, 7) is 1.96. The smallest absolute Gasteiger partial charge is 0.225 e. The van der Waals surface area contributed by atoms with Crippen LogP contribution in [0.25, 0.3) is 11.1 Å². The maximum atomic E-state index is 12.3. The van der Waals surface area contributed by atoms with Crippen LogP contribution in [0.5, 0.6) is 5.75 Å². The quantitative estimate of drug-likeness (QED) is 0.714. The van der Waals surface area contributed by atoms with Crippen molar-refractivity contribution in [3.05, 3.63) is 36.2 Å². The fourth-order valence-electron chi connectivity index (χ4n) is 3.65. The molecule has 1 aliphatic rings. The van der Waals surface area contributed by atoms with Crippen molar-refractivity contribution in [1.29, 1.82) is 0 Å². The molecule has 0 atom stereocenters. The SMILES string of the molecule is COCCC(=O)N1CCC(c2nc(N(C)C)ncc2-c2ccc(OC)cc2)CC1. The molecule has 0 spiro atoms. The van der Waals surface area contributed by atoms with Crippen molar-refractivity contribution in [3.8, 4) is 16.9 Å². The molecular formula is C22H30N4O3. The van der Waals surface area contributed by atoms with Gasteiger partial charge >= 0.3 is 0 Å². The van der Waals surface area contributed by atoms with Crippen LogP contribution in [-0.4, -0.2) is 68.8 Å². The molecule has 0 unspecified atom stereocenters. The molecule has 0 radical (unpaired) electrons. The third-order valence-electron chi connectivity index (χ3n) is 5.36. The molecule has 2 heterocycles. The monoisotopic (exact) mass is 398 g/mol. The Bertz CT molecular complexity index is 815. The number of piperidine rings is 1. The van der Waals surface area contributed by atoms with Crippen LogP contribution in [0.3, 0.4) is 0 Å². The van der Waals surface area contributed by atoms with Gasteiger partial charge in [0.05, 0.1) is 25.8 Å². The van der Waals surface area contributed by atoms with E-state index >= 15 is 0 Å². The van der Waals surface area contributed by atoms with Crippen LogP contribution in [0.1, 0.15) is 30.9 Å². The highest BCUT2D eigenvalue weighted by atomic mass is 16.5. The van der Waals surface area contributed by atoms with E-state index in [1.807, 2.05) is 54.4 Å². The lowest BCUT2D eigenvalue weighted by Gasteiger charge is -2.32. The van der Waals surface area contributed by atoms with E-state index in [2.05, 4.69) is 4.98 Å². The molecule has 0 bridgehead atoms. The van der Waals surface area contributed by atoms with Gasteiger partial charge in [-0.05, 0) is 30.5 Å². The van der Waals surface area contributed by atoms with E-state index in [4.69, 9.17) is 14.5 Å². The maximum absolute atomic E-state index is 12.3. The van der Waals surface area contributed by atoms with E-state index in [-0.39, 0.29) is 5.91 Å². The van der Waals surface area contributed by atoms with E-state index < -0.39 is 0 Å². The molecule has 1 aromatic heterocycles. The Hall–Kier alpha value is -2.67. The summed E-state index contributed by atoms with van der Waals surface area (Å²) in [6, 6.07) is 7.99. The first-order chi connectivity index (χ1) is 14.0. The number of amides is 1. The summed E-state index contributed by atoms with van der Waals surface area (Å²) in [5.74, 6) is 1.98. The Kier molecular flexibility index (Phi) is 7.04. The number of likely N-dealkylation sites (tertiary alicyclic amines) is 1. The second kappa shape index (κ2) is 9.69. The first kappa shape index (κ1) is 21.0. The zero-order valence-electron chi connectivity index (χ0n) is 17.7. The van der Waals surface area contributed by atoms with Crippen molar-refractivity contribution in [2.45, 2.75) is 25.2 Å². The average Bonchev–Trinajstić information content (AvgIpc) is 2.77. The van der Waals surface area contributed by atoms with Crippen molar-refractivity contribution in [2.24, 2.45) is 0 Å². The molecule has 7 heteroatoms. The van der Waals surface area contributed by atoms with Crippen LogP contribution < -0.4 is 9.64 Å². The van der Waals surface area contributed by atoms with Gasteiger partial charge in [-0.2, -0.15) is 0 Å². The Morgan fingerprint density at radius 2 is 1.86 bits per heavy atom. The largest absolute Gasteiger partial charge is 0.497 e. The summed E-state index contributed by atoms with van der Waals surface area (Å²) >= 11 is 0. The summed E-state index contributed by atoms with van der Waals surface area (Å²) in [4.78, 5) is 25.6. The fourth-order valence-corrected chi connectivity index (χ4v) is 3.65. The first-order valence-corrected chi connectivity index (χ1v) is 9.99. The second-order valence-corrected chi connectivity index (χ2v) is 7.49. The molecule has 0 saturated carbocycles. The lowest BCUT2D eigenvalue weighted by Crippen LogP contribution is -2.38. The minimum absolute atomic E-state index is 0.164. The molecule has 1 aliphatic heterocycles. The number of anilines is 1. The topological polar surface area (TPSA) is 67.8 Å². The normalized spacial score (nSPS) is 14.7. The molecule has 1 aromatic carbocycles. The molecule has 0 aliphatic carbocycles. The van der Waals surface area contributed by atoms with Gasteiger partial charge < -0.3 is 19.3 Å². The van der Waals surface area contributed by atoms with Gasteiger partial charge in [0.2, 0.25) is 11.9 Å². The van der Waals surface area contributed by atoms with Gasteiger partial charge in [0.25, 0.3) is 0 Å². The molecular weight excluding hydrogens is 368 g/mol. The molecule has 29 heavy (non-hydrogen) atoms. The van der Waals surface area contributed by atoms with E-state index in [9.17, 15) is 4.79 Å². The minimum atomic E-state index is 0.164. The number of benzene rings is 1. The molecule has 7 nitrogen and oxygen atoms in total. The molecule has 1 amide bonds. The van der Waals surface area contributed by atoms with Crippen molar-refractivity contribution in [1.82, 2.24) is 14.9 Å². The van der Waals surface area contributed by atoms with E-state index in [0.717, 1.165) is 48.5 Å². The van der Waals surface area contributed by atoms with Crippen LogP contribution in [0.4, 0.5) is 5.95 Å². The standard InChI is InChI=1S/C22H30N4O3/c1-25(2)22-23-15-19(16-5-7-18(29-4)8-6-16)21(24-22)17-9-12-26(13-10-17)20(27)11-14-28-3/h5-8,15,17H,9-14H2,1-4H3. The van der Waals surface area contributed by atoms with Gasteiger partial charge in [0.1, 0.15) is 5.75 Å². The molecule has 156 valence electrons. The molecule has 1 fully saturated rings. The third kappa shape index (κ3) is 5.03. The van der Waals surface area contributed by atoms with E-state index in [1.54, 1.807) is 14.2 Å². The minimum Gasteiger partial charge on any atom is -0.497 e. The number of rotatable bonds is 7. The molecule has 2 aromatic rings. The van der Waals surface area contributed by atoms with Gasteiger partial charge in [-0.1, -0.05) is 12.1 Å². The number of aromatic nitrogens is 2. The Morgan fingerprint density at radius 1 is 1.17 bits per heavy atom. The van der Waals surface area contributed by atoms with E-state index in [1.165, 1.54) is 0 Å². The van der Waals surface area contributed by atoms with Crippen LogP contribution in [0, 0.1) is 0 Å². The fraction of sp³-hybridized carbons (Fsp3) is 0.500. The third-order valence-corrected chi connectivity index (χ3v) is 5.36. The van der Waals surface area contributed by atoms with Gasteiger partial charge in [-0.15, -0.1) is 0 Å². The Labute approximate surface area is 172 Å². The lowest BCUT2D eigenvalue weighted by atomic mass is 9.88. The van der Waals surface area contributed by atoms with Crippen molar-refractivity contribution >= 4 is 11.9 Å².